The second-order valence-corrected chi connectivity index (χ2v) is 5.81. The highest BCUT2D eigenvalue weighted by molar-refractivity contribution is 5.52. The summed E-state index contributed by atoms with van der Waals surface area (Å²) in [6.07, 6.45) is 2.89. The molecule has 22 heavy (non-hydrogen) atoms. The summed E-state index contributed by atoms with van der Waals surface area (Å²) in [4.78, 5) is 4.10. The number of halogens is 3. The molecule has 3 rings (SSSR count). The van der Waals surface area contributed by atoms with Crippen LogP contribution in [0.25, 0.3) is 0 Å². The van der Waals surface area contributed by atoms with Crippen LogP contribution < -0.4 is 10.2 Å². The number of hydrogen-bond donors (Lipinski definition) is 1. The zero-order chi connectivity index (χ0) is 15.6. The van der Waals surface area contributed by atoms with Gasteiger partial charge in [0.2, 0.25) is 0 Å². The average molecular weight is 311 g/mol. The Morgan fingerprint density at radius 3 is 2.77 bits per heavy atom. The monoisotopic (exact) mass is 311 g/mol. The topological polar surface area (TPSA) is 18.5 Å². The molecular formula is C16H20F3N3. The third-order valence-electron chi connectivity index (χ3n) is 4.27. The molecule has 0 saturated carbocycles. The lowest BCUT2D eigenvalue weighted by Gasteiger charge is -2.29. The van der Waals surface area contributed by atoms with Gasteiger partial charge in [-0.1, -0.05) is 6.07 Å². The highest BCUT2D eigenvalue weighted by Crippen LogP contribution is 2.32. The minimum absolute atomic E-state index is 0.460. The van der Waals surface area contributed by atoms with Crippen molar-refractivity contribution in [1.82, 2.24) is 10.2 Å². The Balaban J connectivity index is 1.69. The van der Waals surface area contributed by atoms with Crippen molar-refractivity contribution >= 4 is 5.69 Å². The summed E-state index contributed by atoms with van der Waals surface area (Å²) in [5.41, 5.74) is -0.0177. The van der Waals surface area contributed by atoms with Gasteiger partial charge in [-0.3, -0.25) is 0 Å². The number of hydrogen-bond acceptors (Lipinski definition) is 3. The maximum Gasteiger partial charge on any atom is 0.416 e. The van der Waals surface area contributed by atoms with E-state index >= 15 is 0 Å². The zero-order valence-corrected chi connectivity index (χ0v) is 12.3. The van der Waals surface area contributed by atoms with E-state index in [1.807, 2.05) is 17.3 Å². The Morgan fingerprint density at radius 1 is 1.09 bits per heavy atom. The van der Waals surface area contributed by atoms with Crippen LogP contribution in [0, 0.1) is 0 Å². The summed E-state index contributed by atoms with van der Waals surface area (Å²) in [5, 5.41) is 3.38. The molecule has 2 heterocycles. The van der Waals surface area contributed by atoms with Crippen molar-refractivity contribution in [2.45, 2.75) is 31.5 Å². The summed E-state index contributed by atoms with van der Waals surface area (Å²) in [6, 6.07) is 5.96. The van der Waals surface area contributed by atoms with Crippen molar-refractivity contribution in [2.24, 2.45) is 0 Å². The van der Waals surface area contributed by atoms with Crippen molar-refractivity contribution in [3.05, 3.63) is 42.2 Å². The van der Waals surface area contributed by atoms with Crippen LogP contribution in [0.5, 0.6) is 0 Å². The SMILES string of the molecule is FC(F)(F)c1cccc(N2C=CN(C3CCCNCC3)C2)c1. The third kappa shape index (κ3) is 3.38. The van der Waals surface area contributed by atoms with Crippen molar-refractivity contribution in [2.75, 3.05) is 24.7 Å². The van der Waals surface area contributed by atoms with Crippen molar-refractivity contribution in [3.8, 4) is 0 Å². The summed E-state index contributed by atoms with van der Waals surface area (Å²) in [6.45, 7) is 2.66. The van der Waals surface area contributed by atoms with Crippen LogP contribution in [-0.2, 0) is 6.18 Å². The van der Waals surface area contributed by atoms with Crippen molar-refractivity contribution < 1.29 is 13.2 Å². The molecule has 1 unspecified atom stereocenters. The summed E-state index contributed by atoms with van der Waals surface area (Å²) >= 11 is 0. The van der Waals surface area contributed by atoms with E-state index in [0.29, 0.717) is 18.4 Å². The van der Waals surface area contributed by atoms with Gasteiger partial charge < -0.3 is 15.1 Å². The van der Waals surface area contributed by atoms with Crippen LogP contribution in [0.1, 0.15) is 24.8 Å². The molecule has 0 aliphatic carbocycles. The molecule has 0 bridgehead atoms. The van der Waals surface area contributed by atoms with Gasteiger partial charge in [0.1, 0.15) is 0 Å². The molecule has 1 aromatic rings. The van der Waals surface area contributed by atoms with E-state index < -0.39 is 11.7 Å². The van der Waals surface area contributed by atoms with Gasteiger partial charge >= 0.3 is 6.18 Å². The first-order chi connectivity index (χ1) is 10.5. The van der Waals surface area contributed by atoms with E-state index in [9.17, 15) is 13.2 Å². The fourth-order valence-corrected chi connectivity index (χ4v) is 3.03. The number of rotatable bonds is 2. The molecule has 0 spiro atoms. The van der Waals surface area contributed by atoms with E-state index in [2.05, 4.69) is 10.2 Å². The van der Waals surface area contributed by atoms with E-state index in [1.54, 1.807) is 6.07 Å². The fourth-order valence-electron chi connectivity index (χ4n) is 3.03. The lowest BCUT2D eigenvalue weighted by molar-refractivity contribution is -0.137. The summed E-state index contributed by atoms with van der Waals surface area (Å²) in [7, 11) is 0. The molecule has 120 valence electrons. The normalized spacial score (nSPS) is 23.0. The number of nitrogens with zero attached hydrogens (tertiary/aromatic N) is 2. The molecule has 1 fully saturated rings. The van der Waals surface area contributed by atoms with Crippen LogP contribution in [0.3, 0.4) is 0 Å². The first-order valence-electron chi connectivity index (χ1n) is 7.63. The lowest BCUT2D eigenvalue weighted by Crippen LogP contribution is -2.34. The minimum atomic E-state index is -4.30. The molecule has 6 heteroatoms. The van der Waals surface area contributed by atoms with Gasteiger partial charge in [-0.25, -0.2) is 0 Å². The number of alkyl halides is 3. The van der Waals surface area contributed by atoms with E-state index in [4.69, 9.17) is 0 Å². The van der Waals surface area contributed by atoms with Gasteiger partial charge in [0, 0.05) is 24.1 Å². The largest absolute Gasteiger partial charge is 0.416 e. The van der Waals surface area contributed by atoms with E-state index in [1.165, 1.54) is 12.1 Å². The quantitative estimate of drug-likeness (QED) is 0.903. The number of anilines is 1. The Morgan fingerprint density at radius 2 is 1.95 bits per heavy atom. The maximum absolute atomic E-state index is 12.8. The van der Waals surface area contributed by atoms with Gasteiger partial charge in [-0.2, -0.15) is 13.2 Å². The molecule has 3 nitrogen and oxygen atoms in total. The molecule has 1 saturated heterocycles. The first-order valence-corrected chi connectivity index (χ1v) is 7.63. The van der Waals surface area contributed by atoms with Crippen LogP contribution in [-0.4, -0.2) is 30.7 Å². The smallest absolute Gasteiger partial charge is 0.355 e. The van der Waals surface area contributed by atoms with Crippen LogP contribution in [0.2, 0.25) is 0 Å². The van der Waals surface area contributed by atoms with Gasteiger partial charge in [-0.15, -0.1) is 0 Å². The second-order valence-electron chi connectivity index (χ2n) is 5.81. The van der Waals surface area contributed by atoms with Crippen LogP contribution in [0.15, 0.2) is 36.7 Å². The molecule has 2 aliphatic rings. The third-order valence-corrected chi connectivity index (χ3v) is 4.27. The zero-order valence-electron chi connectivity index (χ0n) is 12.3. The predicted octanol–water partition coefficient (Wildman–Crippen LogP) is 3.40. The average Bonchev–Trinajstić information content (AvgIpc) is 2.82. The highest BCUT2D eigenvalue weighted by Gasteiger charge is 2.31. The Labute approximate surface area is 128 Å². The second kappa shape index (κ2) is 6.20. The van der Waals surface area contributed by atoms with E-state index in [-0.39, 0.29) is 0 Å². The number of benzene rings is 1. The molecular weight excluding hydrogens is 291 g/mol. The Hall–Kier alpha value is -1.69. The Bertz CT molecular complexity index is 534. The molecule has 1 N–H and O–H groups in total. The maximum atomic E-state index is 12.8. The lowest BCUT2D eigenvalue weighted by atomic mass is 10.1. The van der Waals surface area contributed by atoms with Gasteiger partial charge in [-0.05, 0) is 50.6 Å². The van der Waals surface area contributed by atoms with Gasteiger partial charge in [0.15, 0.2) is 0 Å². The summed E-state index contributed by atoms with van der Waals surface area (Å²) in [5.74, 6) is 0. The molecule has 0 aromatic heterocycles. The van der Waals surface area contributed by atoms with Gasteiger partial charge in [0.05, 0.1) is 12.2 Å². The van der Waals surface area contributed by atoms with Crippen LogP contribution in [0.4, 0.5) is 18.9 Å². The molecule has 1 atom stereocenters. The van der Waals surface area contributed by atoms with E-state index in [0.717, 1.165) is 38.4 Å². The van der Waals surface area contributed by atoms with Gasteiger partial charge in [0.25, 0.3) is 0 Å². The van der Waals surface area contributed by atoms with Crippen LogP contribution >= 0.6 is 0 Å². The van der Waals surface area contributed by atoms with Crippen molar-refractivity contribution in [1.29, 1.82) is 0 Å². The molecule has 0 amide bonds. The fraction of sp³-hybridized carbons (Fsp3) is 0.500. The standard InChI is InChI=1S/C16H20F3N3/c17-16(18,19)13-3-1-4-15(11-13)22-10-9-21(12-22)14-5-2-7-20-8-6-14/h1,3-4,9-11,14,20H,2,5-8,12H2. The molecule has 0 radical (unpaired) electrons. The molecule has 1 aromatic carbocycles. The highest BCUT2D eigenvalue weighted by atomic mass is 19.4. The van der Waals surface area contributed by atoms with Crippen molar-refractivity contribution in [3.63, 3.8) is 0 Å². The minimum Gasteiger partial charge on any atom is -0.355 e. The molecule has 2 aliphatic heterocycles. The first kappa shape index (κ1) is 15.2. The Kier molecular flexibility index (Phi) is 4.29. The predicted molar refractivity (Wildman–Crippen MR) is 80.3 cm³/mol. The summed E-state index contributed by atoms with van der Waals surface area (Å²) < 4.78 is 38.4. The number of nitrogens with one attached hydrogen (secondary N) is 1.